The zero-order valence-electron chi connectivity index (χ0n) is 15.4. The molecule has 26 heavy (non-hydrogen) atoms. The van der Waals surface area contributed by atoms with Gasteiger partial charge in [0.2, 0.25) is 0 Å². The van der Waals surface area contributed by atoms with E-state index in [4.69, 9.17) is 11.6 Å². The summed E-state index contributed by atoms with van der Waals surface area (Å²) in [6.45, 7) is 2.70. The summed E-state index contributed by atoms with van der Waals surface area (Å²) in [6.07, 6.45) is 2.41. The number of nitrogens with one attached hydrogen (secondary N) is 1. The predicted octanol–water partition coefficient (Wildman–Crippen LogP) is 3.97. The van der Waals surface area contributed by atoms with E-state index in [1.54, 1.807) is 0 Å². The van der Waals surface area contributed by atoms with Gasteiger partial charge in [-0.05, 0) is 67.9 Å². The number of hydrogen-bond acceptors (Lipinski definition) is 3. The Hall–Kier alpha value is -2.04. The van der Waals surface area contributed by atoms with Crippen LogP contribution < -0.4 is 10.2 Å². The predicted molar refractivity (Wildman–Crippen MR) is 108 cm³/mol. The lowest BCUT2D eigenvalue weighted by molar-refractivity contribution is 0.0938. The Morgan fingerprint density at radius 3 is 2.46 bits per heavy atom. The number of hydrogen-bond donors (Lipinski definition) is 1. The van der Waals surface area contributed by atoms with Gasteiger partial charge in [0, 0.05) is 36.9 Å². The lowest BCUT2D eigenvalue weighted by atomic mass is 10.1. The second-order valence-electron chi connectivity index (χ2n) is 6.97. The largest absolute Gasteiger partial charge is 0.378 e. The second-order valence-corrected chi connectivity index (χ2v) is 7.40. The highest BCUT2D eigenvalue weighted by molar-refractivity contribution is 6.30. The molecule has 3 rings (SSSR count). The van der Waals surface area contributed by atoms with E-state index in [9.17, 15) is 4.79 Å². The summed E-state index contributed by atoms with van der Waals surface area (Å²) >= 11 is 6.18. The highest BCUT2D eigenvalue weighted by Crippen LogP contribution is 2.26. The van der Waals surface area contributed by atoms with Crippen LogP contribution in [0.2, 0.25) is 5.02 Å². The van der Waals surface area contributed by atoms with Crippen molar-refractivity contribution >= 4 is 23.2 Å². The number of rotatable bonds is 6. The fraction of sp³-hybridized carbons (Fsp3) is 0.381. The number of halogens is 1. The summed E-state index contributed by atoms with van der Waals surface area (Å²) in [5, 5.41) is 3.84. The highest BCUT2D eigenvalue weighted by Gasteiger charge is 2.24. The normalized spacial score (nSPS) is 15.7. The minimum absolute atomic E-state index is 0.0402. The second kappa shape index (κ2) is 8.56. The van der Waals surface area contributed by atoms with Crippen LogP contribution in [0.4, 0.5) is 5.69 Å². The van der Waals surface area contributed by atoms with Crippen molar-refractivity contribution in [3.05, 3.63) is 64.7 Å². The summed E-state index contributed by atoms with van der Waals surface area (Å²) in [5.41, 5.74) is 2.92. The molecule has 138 valence electrons. The van der Waals surface area contributed by atoms with Gasteiger partial charge in [-0.3, -0.25) is 9.69 Å². The summed E-state index contributed by atoms with van der Waals surface area (Å²) in [6, 6.07) is 15.8. The van der Waals surface area contributed by atoms with E-state index in [0.717, 1.165) is 29.4 Å². The maximum Gasteiger partial charge on any atom is 0.251 e. The molecule has 1 amide bonds. The average molecular weight is 372 g/mol. The molecule has 1 fully saturated rings. The fourth-order valence-electron chi connectivity index (χ4n) is 3.43. The Bertz CT molecular complexity index is 739. The molecule has 1 saturated heterocycles. The first kappa shape index (κ1) is 18.7. The van der Waals surface area contributed by atoms with Crippen LogP contribution in [0.1, 0.15) is 34.8 Å². The Morgan fingerprint density at radius 2 is 1.85 bits per heavy atom. The molecule has 0 aromatic heterocycles. The minimum Gasteiger partial charge on any atom is -0.378 e. The molecule has 0 bridgehead atoms. The average Bonchev–Trinajstić information content (AvgIpc) is 3.16. The molecule has 1 aliphatic rings. The smallest absolute Gasteiger partial charge is 0.251 e. The number of anilines is 1. The van der Waals surface area contributed by atoms with Gasteiger partial charge in [-0.1, -0.05) is 23.7 Å². The summed E-state index contributed by atoms with van der Waals surface area (Å²) < 4.78 is 0. The Morgan fingerprint density at radius 1 is 1.15 bits per heavy atom. The monoisotopic (exact) mass is 371 g/mol. The molecule has 1 N–H and O–H groups in total. The molecule has 5 heteroatoms. The van der Waals surface area contributed by atoms with E-state index in [1.807, 2.05) is 61.5 Å². The maximum absolute atomic E-state index is 12.6. The van der Waals surface area contributed by atoms with Crippen molar-refractivity contribution in [3.8, 4) is 0 Å². The van der Waals surface area contributed by atoms with Crippen LogP contribution in [0.25, 0.3) is 0 Å². The van der Waals surface area contributed by atoms with E-state index in [0.29, 0.717) is 12.1 Å². The van der Waals surface area contributed by atoms with Crippen molar-refractivity contribution in [2.75, 3.05) is 38.6 Å². The molecule has 1 aliphatic heterocycles. The molecule has 4 nitrogen and oxygen atoms in total. The first-order chi connectivity index (χ1) is 12.5. The van der Waals surface area contributed by atoms with Crippen LogP contribution >= 0.6 is 11.6 Å². The lowest BCUT2D eigenvalue weighted by Gasteiger charge is -2.28. The van der Waals surface area contributed by atoms with Crippen LogP contribution in [0.3, 0.4) is 0 Å². The maximum atomic E-state index is 12.6. The van der Waals surface area contributed by atoms with Gasteiger partial charge in [0.15, 0.2) is 0 Å². The molecule has 0 radical (unpaired) electrons. The van der Waals surface area contributed by atoms with Crippen molar-refractivity contribution in [1.29, 1.82) is 0 Å². The minimum atomic E-state index is -0.0402. The van der Waals surface area contributed by atoms with Crippen molar-refractivity contribution in [2.24, 2.45) is 0 Å². The van der Waals surface area contributed by atoms with Gasteiger partial charge in [0.1, 0.15) is 0 Å². The van der Waals surface area contributed by atoms with Gasteiger partial charge in [0.05, 0.1) is 6.04 Å². The van der Waals surface area contributed by atoms with Gasteiger partial charge >= 0.3 is 0 Å². The molecule has 0 spiro atoms. The van der Waals surface area contributed by atoms with Gasteiger partial charge in [-0.2, -0.15) is 0 Å². The van der Waals surface area contributed by atoms with Crippen LogP contribution in [0, 0.1) is 0 Å². The van der Waals surface area contributed by atoms with Gasteiger partial charge in [0.25, 0.3) is 5.91 Å². The third-order valence-electron chi connectivity index (χ3n) is 4.92. The number of amides is 1. The Kier molecular flexibility index (Phi) is 6.17. The fourth-order valence-corrected chi connectivity index (χ4v) is 3.63. The zero-order chi connectivity index (χ0) is 18.5. The molecular weight excluding hydrogens is 346 g/mol. The molecule has 2 aromatic rings. The number of benzene rings is 2. The molecule has 0 saturated carbocycles. The topological polar surface area (TPSA) is 35.6 Å². The molecule has 1 heterocycles. The number of nitrogens with zero attached hydrogens (tertiary/aromatic N) is 2. The standard InChI is InChI=1S/C21H26ClN3O/c1-24(2)19-10-8-16(9-11-19)21(26)23-15-20(25-12-3-4-13-25)17-6-5-7-18(22)14-17/h5-11,14,20H,3-4,12-13,15H2,1-2H3,(H,23,26). The van der Waals surface area contributed by atoms with Gasteiger partial charge in [-0.15, -0.1) is 0 Å². The third kappa shape index (κ3) is 4.57. The van der Waals surface area contributed by atoms with Crippen molar-refractivity contribution in [2.45, 2.75) is 18.9 Å². The van der Waals surface area contributed by atoms with Crippen molar-refractivity contribution in [3.63, 3.8) is 0 Å². The SMILES string of the molecule is CN(C)c1ccc(C(=O)NCC(c2cccc(Cl)c2)N2CCCC2)cc1. The zero-order valence-corrected chi connectivity index (χ0v) is 16.2. The molecule has 1 unspecified atom stereocenters. The van der Waals surface area contributed by atoms with Gasteiger partial charge in [-0.25, -0.2) is 0 Å². The number of carbonyl (C=O) groups is 1. The highest BCUT2D eigenvalue weighted by atomic mass is 35.5. The van der Waals surface area contributed by atoms with E-state index < -0.39 is 0 Å². The van der Waals surface area contributed by atoms with Crippen molar-refractivity contribution < 1.29 is 4.79 Å². The van der Waals surface area contributed by atoms with E-state index >= 15 is 0 Å². The summed E-state index contributed by atoms with van der Waals surface area (Å²) in [5.74, 6) is -0.0402. The quantitative estimate of drug-likeness (QED) is 0.834. The van der Waals surface area contributed by atoms with Crippen LogP contribution in [-0.2, 0) is 0 Å². The van der Waals surface area contributed by atoms with Gasteiger partial charge < -0.3 is 10.2 Å². The summed E-state index contributed by atoms with van der Waals surface area (Å²) in [7, 11) is 3.97. The molecule has 2 aromatic carbocycles. The first-order valence-corrected chi connectivity index (χ1v) is 9.47. The summed E-state index contributed by atoms with van der Waals surface area (Å²) in [4.78, 5) is 17.0. The number of carbonyl (C=O) groups excluding carboxylic acids is 1. The molecule has 1 atom stereocenters. The van der Waals surface area contributed by atoms with Crippen LogP contribution in [0.5, 0.6) is 0 Å². The van der Waals surface area contributed by atoms with Crippen LogP contribution in [-0.4, -0.2) is 44.5 Å². The molecule has 0 aliphatic carbocycles. The van der Waals surface area contributed by atoms with E-state index in [1.165, 1.54) is 12.8 Å². The molecular formula is C21H26ClN3O. The Labute approximate surface area is 160 Å². The van der Waals surface area contributed by atoms with E-state index in [2.05, 4.69) is 16.3 Å². The van der Waals surface area contributed by atoms with Crippen LogP contribution in [0.15, 0.2) is 48.5 Å². The Balaban J connectivity index is 1.69. The van der Waals surface area contributed by atoms with E-state index in [-0.39, 0.29) is 11.9 Å². The third-order valence-corrected chi connectivity index (χ3v) is 5.15. The lowest BCUT2D eigenvalue weighted by Crippen LogP contribution is -2.36. The first-order valence-electron chi connectivity index (χ1n) is 9.10. The number of likely N-dealkylation sites (tertiary alicyclic amines) is 1. The van der Waals surface area contributed by atoms with Crippen molar-refractivity contribution in [1.82, 2.24) is 10.2 Å².